The normalized spacial score (nSPS) is 14.5. The standard InChI is InChI=1S/C26H21Cl2NO4S2/c1-31-19-7-3-16(4-8-19)14-29-25(30)24(35-26(29)34)13-17-6-10-22(23(12-17)32-2)33-15-18-5-9-20(27)21(28)11-18/h3-13H,14-15H2,1-2H3/b24-13-. The lowest BCUT2D eigenvalue weighted by Crippen LogP contribution is -2.27. The van der Waals surface area contributed by atoms with Crippen molar-refractivity contribution in [1.82, 2.24) is 4.90 Å². The number of methoxy groups -OCH3 is 2. The Morgan fingerprint density at radius 1 is 0.914 bits per heavy atom. The smallest absolute Gasteiger partial charge is 0.266 e. The molecule has 0 aliphatic carbocycles. The fourth-order valence-electron chi connectivity index (χ4n) is 3.38. The molecule has 0 aromatic heterocycles. The lowest BCUT2D eigenvalue weighted by Gasteiger charge is -2.14. The number of carbonyl (C=O) groups excluding carboxylic acids is 1. The number of thioether (sulfide) groups is 1. The number of amides is 1. The van der Waals surface area contributed by atoms with Gasteiger partial charge in [-0.2, -0.15) is 0 Å². The minimum atomic E-state index is -0.130. The van der Waals surface area contributed by atoms with Crippen LogP contribution in [-0.2, 0) is 17.9 Å². The molecule has 1 aliphatic heterocycles. The van der Waals surface area contributed by atoms with Gasteiger partial charge in [-0.3, -0.25) is 9.69 Å². The van der Waals surface area contributed by atoms with Crippen molar-refractivity contribution >= 4 is 63.5 Å². The molecule has 9 heteroatoms. The summed E-state index contributed by atoms with van der Waals surface area (Å²) >= 11 is 18.8. The number of rotatable bonds is 8. The molecule has 0 bridgehead atoms. The quantitative estimate of drug-likeness (QED) is 0.224. The molecule has 3 aromatic rings. The zero-order valence-corrected chi connectivity index (χ0v) is 22.1. The number of halogens is 2. The van der Waals surface area contributed by atoms with E-state index in [9.17, 15) is 4.79 Å². The summed E-state index contributed by atoms with van der Waals surface area (Å²) in [4.78, 5) is 15.2. The van der Waals surface area contributed by atoms with E-state index in [4.69, 9.17) is 49.6 Å². The highest BCUT2D eigenvalue weighted by Gasteiger charge is 2.32. The molecule has 5 nitrogen and oxygen atoms in total. The van der Waals surface area contributed by atoms with E-state index in [0.29, 0.717) is 43.9 Å². The summed E-state index contributed by atoms with van der Waals surface area (Å²) in [6.45, 7) is 0.702. The second kappa shape index (κ2) is 11.4. The fraction of sp³-hybridized carbons (Fsp3) is 0.154. The van der Waals surface area contributed by atoms with E-state index < -0.39 is 0 Å². The molecule has 0 unspecified atom stereocenters. The van der Waals surface area contributed by atoms with Crippen LogP contribution in [0.3, 0.4) is 0 Å². The first-order valence-electron chi connectivity index (χ1n) is 10.5. The molecule has 1 amide bonds. The zero-order chi connectivity index (χ0) is 24.9. The summed E-state index contributed by atoms with van der Waals surface area (Å²) in [5.74, 6) is 1.75. The number of benzene rings is 3. The van der Waals surface area contributed by atoms with Crippen LogP contribution in [0.1, 0.15) is 16.7 Å². The molecule has 1 saturated heterocycles. The number of carbonyl (C=O) groups is 1. The Morgan fingerprint density at radius 3 is 2.34 bits per heavy atom. The lowest BCUT2D eigenvalue weighted by molar-refractivity contribution is -0.122. The van der Waals surface area contributed by atoms with E-state index in [0.717, 1.165) is 22.4 Å². The van der Waals surface area contributed by atoms with E-state index in [1.807, 2.05) is 42.5 Å². The van der Waals surface area contributed by atoms with Gasteiger partial charge in [-0.25, -0.2) is 0 Å². The van der Waals surface area contributed by atoms with Gasteiger partial charge in [0.2, 0.25) is 0 Å². The van der Waals surface area contributed by atoms with Crippen LogP contribution in [0.5, 0.6) is 17.2 Å². The van der Waals surface area contributed by atoms with E-state index in [1.54, 1.807) is 43.4 Å². The van der Waals surface area contributed by atoms with Crippen molar-refractivity contribution in [2.24, 2.45) is 0 Å². The summed E-state index contributed by atoms with van der Waals surface area (Å²) in [6, 6.07) is 18.4. The average molecular weight is 546 g/mol. The first-order chi connectivity index (χ1) is 16.9. The monoisotopic (exact) mass is 545 g/mol. The van der Waals surface area contributed by atoms with Gasteiger partial charge >= 0.3 is 0 Å². The fourth-order valence-corrected chi connectivity index (χ4v) is 4.96. The van der Waals surface area contributed by atoms with Gasteiger partial charge in [0.15, 0.2) is 11.5 Å². The number of hydrogen-bond donors (Lipinski definition) is 0. The molecule has 4 rings (SSSR count). The number of ether oxygens (including phenoxy) is 3. The molecule has 0 radical (unpaired) electrons. The number of nitrogens with zero attached hydrogens (tertiary/aromatic N) is 1. The van der Waals surface area contributed by atoms with Gasteiger partial charge in [-0.05, 0) is 59.2 Å². The predicted molar refractivity (Wildman–Crippen MR) is 145 cm³/mol. The van der Waals surface area contributed by atoms with Crippen molar-refractivity contribution < 1.29 is 19.0 Å². The second-order valence-electron chi connectivity index (χ2n) is 7.56. The third-order valence-electron chi connectivity index (χ3n) is 5.24. The van der Waals surface area contributed by atoms with Crippen LogP contribution in [0.15, 0.2) is 65.6 Å². The maximum Gasteiger partial charge on any atom is 0.266 e. The van der Waals surface area contributed by atoms with E-state index in [-0.39, 0.29) is 5.91 Å². The van der Waals surface area contributed by atoms with Gasteiger partial charge in [-0.15, -0.1) is 0 Å². The highest BCUT2D eigenvalue weighted by Crippen LogP contribution is 2.36. The van der Waals surface area contributed by atoms with E-state index in [1.165, 1.54) is 11.8 Å². The molecule has 1 fully saturated rings. The van der Waals surface area contributed by atoms with Crippen LogP contribution in [0.25, 0.3) is 6.08 Å². The summed E-state index contributed by atoms with van der Waals surface area (Å²) < 4.78 is 17.1. The van der Waals surface area contributed by atoms with Crippen molar-refractivity contribution in [1.29, 1.82) is 0 Å². The van der Waals surface area contributed by atoms with Gasteiger partial charge in [0, 0.05) is 0 Å². The highest BCUT2D eigenvalue weighted by atomic mass is 35.5. The topological polar surface area (TPSA) is 48.0 Å². The molecular formula is C26H21Cl2NO4S2. The largest absolute Gasteiger partial charge is 0.497 e. The zero-order valence-electron chi connectivity index (χ0n) is 18.9. The van der Waals surface area contributed by atoms with Gasteiger partial charge in [0.05, 0.1) is 35.7 Å². The molecule has 180 valence electrons. The SMILES string of the molecule is COc1ccc(CN2C(=O)/C(=C/c3ccc(OCc4ccc(Cl)c(Cl)c4)c(OC)c3)SC2=S)cc1. The number of hydrogen-bond acceptors (Lipinski definition) is 6. The maximum absolute atomic E-state index is 13.0. The van der Waals surface area contributed by atoms with Crippen molar-refractivity contribution in [3.05, 3.63) is 92.3 Å². The Hall–Kier alpha value is -2.71. The van der Waals surface area contributed by atoms with Crippen LogP contribution in [0.4, 0.5) is 0 Å². The first kappa shape index (κ1) is 25.4. The molecular weight excluding hydrogens is 525 g/mol. The third kappa shape index (κ3) is 6.11. The number of thiocarbonyl (C=S) groups is 1. The Kier molecular flexibility index (Phi) is 8.23. The van der Waals surface area contributed by atoms with Crippen molar-refractivity contribution in [2.45, 2.75) is 13.2 Å². The minimum Gasteiger partial charge on any atom is -0.497 e. The molecule has 0 N–H and O–H groups in total. The molecule has 3 aromatic carbocycles. The molecule has 0 saturated carbocycles. The molecule has 35 heavy (non-hydrogen) atoms. The summed E-state index contributed by atoms with van der Waals surface area (Å²) in [7, 11) is 3.19. The average Bonchev–Trinajstić information content (AvgIpc) is 3.12. The van der Waals surface area contributed by atoms with Crippen molar-refractivity contribution in [3.8, 4) is 17.2 Å². The Labute approximate surface area is 223 Å². The highest BCUT2D eigenvalue weighted by molar-refractivity contribution is 8.26. The van der Waals surface area contributed by atoms with Crippen molar-refractivity contribution in [3.63, 3.8) is 0 Å². The Balaban J connectivity index is 1.46. The summed E-state index contributed by atoms with van der Waals surface area (Å²) in [5, 5.41) is 0.964. The molecule has 1 aliphatic rings. The lowest BCUT2D eigenvalue weighted by atomic mass is 10.1. The van der Waals surface area contributed by atoms with Crippen molar-refractivity contribution in [2.75, 3.05) is 14.2 Å². The minimum absolute atomic E-state index is 0.130. The summed E-state index contributed by atoms with van der Waals surface area (Å²) in [6.07, 6.45) is 1.80. The van der Waals surface area contributed by atoms with Gasteiger partial charge in [-0.1, -0.05) is 71.4 Å². The molecule has 0 atom stereocenters. The molecule has 1 heterocycles. The van der Waals surface area contributed by atoms with Crippen LogP contribution in [0, 0.1) is 0 Å². The second-order valence-corrected chi connectivity index (χ2v) is 10.1. The third-order valence-corrected chi connectivity index (χ3v) is 7.35. The first-order valence-corrected chi connectivity index (χ1v) is 12.5. The van der Waals surface area contributed by atoms with E-state index >= 15 is 0 Å². The Bertz CT molecular complexity index is 1300. The van der Waals surface area contributed by atoms with Gasteiger partial charge < -0.3 is 14.2 Å². The predicted octanol–water partition coefficient (Wildman–Crippen LogP) is 6.99. The van der Waals surface area contributed by atoms with Crippen LogP contribution in [-0.4, -0.2) is 29.3 Å². The summed E-state index contributed by atoms with van der Waals surface area (Å²) in [5.41, 5.74) is 2.65. The van der Waals surface area contributed by atoms with Gasteiger partial charge in [0.25, 0.3) is 5.91 Å². The maximum atomic E-state index is 13.0. The van der Waals surface area contributed by atoms with E-state index in [2.05, 4.69) is 0 Å². The molecule has 0 spiro atoms. The van der Waals surface area contributed by atoms with Crippen LogP contribution >= 0.6 is 47.2 Å². The van der Waals surface area contributed by atoms with Crippen LogP contribution in [0.2, 0.25) is 10.0 Å². The Morgan fingerprint density at radius 2 is 1.66 bits per heavy atom. The van der Waals surface area contributed by atoms with Gasteiger partial charge in [0.1, 0.15) is 16.7 Å². The van der Waals surface area contributed by atoms with Crippen LogP contribution < -0.4 is 14.2 Å².